The van der Waals surface area contributed by atoms with Gasteiger partial charge in [0.25, 0.3) is 0 Å². The summed E-state index contributed by atoms with van der Waals surface area (Å²) in [4.78, 5) is 33.6. The molecule has 1 aliphatic heterocycles. The third-order valence-electron chi connectivity index (χ3n) is 6.33. The van der Waals surface area contributed by atoms with Crippen LogP contribution in [0.3, 0.4) is 0 Å². The standard InChI is InChI=1S/C27H29F3N4O3S/c1-4-37-26(36)24-21(20-7-5-17(2)13-18(20)3)16-38-25(24)32-23(35)15-33-9-11-34(12-10-33)22-8-6-19(14-31-22)27(28,29)30/h5-8,13-14,16H,4,9-12,15H2,1-3H3,(H,32,35). The second-order valence-corrected chi connectivity index (χ2v) is 9.99. The predicted molar refractivity (Wildman–Crippen MR) is 142 cm³/mol. The monoisotopic (exact) mass is 546 g/mol. The molecule has 0 spiro atoms. The van der Waals surface area contributed by atoms with Gasteiger partial charge in [0.05, 0.1) is 18.7 Å². The van der Waals surface area contributed by atoms with E-state index in [0.29, 0.717) is 42.6 Å². The highest BCUT2D eigenvalue weighted by Crippen LogP contribution is 2.38. The number of pyridine rings is 1. The molecule has 7 nitrogen and oxygen atoms in total. The zero-order valence-electron chi connectivity index (χ0n) is 21.4. The Bertz CT molecular complexity index is 1300. The second kappa shape index (κ2) is 11.5. The summed E-state index contributed by atoms with van der Waals surface area (Å²) in [7, 11) is 0. The van der Waals surface area contributed by atoms with E-state index < -0.39 is 17.7 Å². The number of amides is 1. The smallest absolute Gasteiger partial charge is 0.417 e. The zero-order valence-corrected chi connectivity index (χ0v) is 22.2. The zero-order chi connectivity index (χ0) is 27.4. The lowest BCUT2D eigenvalue weighted by molar-refractivity contribution is -0.137. The molecule has 0 saturated carbocycles. The Morgan fingerprint density at radius 3 is 2.42 bits per heavy atom. The summed E-state index contributed by atoms with van der Waals surface area (Å²) in [5.74, 6) is -0.277. The number of esters is 1. The van der Waals surface area contributed by atoms with Gasteiger partial charge < -0.3 is 15.0 Å². The van der Waals surface area contributed by atoms with E-state index in [1.165, 1.54) is 17.4 Å². The van der Waals surface area contributed by atoms with Gasteiger partial charge in [-0.2, -0.15) is 13.2 Å². The van der Waals surface area contributed by atoms with Crippen molar-refractivity contribution < 1.29 is 27.5 Å². The molecule has 1 N–H and O–H groups in total. The molecule has 0 aliphatic carbocycles. The maximum absolute atomic E-state index is 12.9. The fraction of sp³-hybridized carbons (Fsp3) is 0.370. The van der Waals surface area contributed by atoms with Gasteiger partial charge in [0.1, 0.15) is 16.4 Å². The van der Waals surface area contributed by atoms with Crippen LogP contribution >= 0.6 is 11.3 Å². The molecule has 202 valence electrons. The molecule has 2 aromatic heterocycles. The molecule has 1 aliphatic rings. The number of benzene rings is 1. The molecule has 0 bridgehead atoms. The van der Waals surface area contributed by atoms with Gasteiger partial charge in [-0.3, -0.25) is 9.69 Å². The van der Waals surface area contributed by atoms with Gasteiger partial charge in [-0.1, -0.05) is 23.8 Å². The lowest BCUT2D eigenvalue weighted by Gasteiger charge is -2.35. The minimum absolute atomic E-state index is 0.118. The van der Waals surface area contributed by atoms with Crippen LogP contribution in [0.2, 0.25) is 0 Å². The summed E-state index contributed by atoms with van der Waals surface area (Å²) in [6.45, 7) is 8.18. The Morgan fingerprint density at radius 1 is 1.08 bits per heavy atom. The maximum Gasteiger partial charge on any atom is 0.417 e. The third-order valence-corrected chi connectivity index (χ3v) is 7.23. The number of hydrogen-bond acceptors (Lipinski definition) is 7. The molecule has 1 fully saturated rings. The lowest BCUT2D eigenvalue weighted by Crippen LogP contribution is -2.49. The minimum Gasteiger partial charge on any atom is -0.462 e. The van der Waals surface area contributed by atoms with Gasteiger partial charge in [-0.15, -0.1) is 11.3 Å². The van der Waals surface area contributed by atoms with Crippen LogP contribution < -0.4 is 10.2 Å². The predicted octanol–water partition coefficient (Wildman–Crippen LogP) is 5.38. The van der Waals surface area contributed by atoms with Gasteiger partial charge in [0.2, 0.25) is 5.91 Å². The Morgan fingerprint density at radius 2 is 1.82 bits per heavy atom. The van der Waals surface area contributed by atoms with Crippen molar-refractivity contribution in [1.29, 1.82) is 0 Å². The molecular weight excluding hydrogens is 517 g/mol. The Balaban J connectivity index is 1.40. The number of aryl methyl sites for hydroxylation is 2. The highest BCUT2D eigenvalue weighted by Gasteiger charge is 2.31. The fourth-order valence-electron chi connectivity index (χ4n) is 4.41. The third kappa shape index (κ3) is 6.33. The summed E-state index contributed by atoms with van der Waals surface area (Å²) >= 11 is 1.28. The van der Waals surface area contributed by atoms with E-state index in [4.69, 9.17) is 4.74 Å². The van der Waals surface area contributed by atoms with Crippen LogP contribution in [0, 0.1) is 13.8 Å². The minimum atomic E-state index is -4.42. The fourth-order valence-corrected chi connectivity index (χ4v) is 5.38. The SMILES string of the molecule is CCOC(=O)c1c(-c2ccc(C)cc2C)csc1NC(=O)CN1CCN(c2ccc(C(F)(F)F)cn2)CC1. The number of nitrogens with zero attached hydrogens (tertiary/aromatic N) is 3. The Hall–Kier alpha value is -3.44. The molecule has 0 atom stereocenters. The van der Waals surface area contributed by atoms with Crippen molar-refractivity contribution in [3.8, 4) is 11.1 Å². The molecule has 1 saturated heterocycles. The molecule has 3 aromatic rings. The summed E-state index contributed by atoms with van der Waals surface area (Å²) in [6, 6.07) is 8.38. The van der Waals surface area contributed by atoms with Crippen molar-refractivity contribution in [1.82, 2.24) is 9.88 Å². The lowest BCUT2D eigenvalue weighted by atomic mass is 9.97. The molecule has 1 amide bonds. The van der Waals surface area contributed by atoms with Crippen LogP contribution in [0.1, 0.15) is 34.0 Å². The van der Waals surface area contributed by atoms with Gasteiger partial charge in [-0.25, -0.2) is 9.78 Å². The van der Waals surface area contributed by atoms with Crippen molar-refractivity contribution in [2.24, 2.45) is 0 Å². The van der Waals surface area contributed by atoms with Crippen LogP contribution in [0.15, 0.2) is 41.9 Å². The highest BCUT2D eigenvalue weighted by atomic mass is 32.1. The van der Waals surface area contributed by atoms with Crippen molar-refractivity contribution in [3.63, 3.8) is 0 Å². The number of hydrogen-bond donors (Lipinski definition) is 1. The molecule has 0 radical (unpaired) electrons. The average Bonchev–Trinajstić information content (AvgIpc) is 3.27. The molecule has 0 unspecified atom stereocenters. The van der Waals surface area contributed by atoms with Gasteiger partial charge in [0, 0.05) is 43.3 Å². The van der Waals surface area contributed by atoms with Crippen LogP contribution in [-0.4, -0.2) is 61.1 Å². The van der Waals surface area contributed by atoms with E-state index in [2.05, 4.69) is 10.3 Å². The van der Waals surface area contributed by atoms with E-state index >= 15 is 0 Å². The van der Waals surface area contributed by atoms with Gasteiger partial charge >= 0.3 is 12.1 Å². The van der Waals surface area contributed by atoms with Crippen molar-refractivity contribution in [2.45, 2.75) is 26.9 Å². The van der Waals surface area contributed by atoms with Crippen molar-refractivity contribution in [2.75, 3.05) is 49.5 Å². The topological polar surface area (TPSA) is 74.8 Å². The van der Waals surface area contributed by atoms with Crippen LogP contribution in [0.5, 0.6) is 0 Å². The van der Waals surface area contributed by atoms with E-state index in [-0.39, 0.29) is 19.1 Å². The number of carbonyl (C=O) groups is 2. The van der Waals surface area contributed by atoms with Crippen molar-refractivity contribution in [3.05, 3.63) is 64.2 Å². The van der Waals surface area contributed by atoms with Crippen LogP contribution in [0.4, 0.5) is 24.0 Å². The van der Waals surface area contributed by atoms with E-state index in [9.17, 15) is 22.8 Å². The summed E-state index contributed by atoms with van der Waals surface area (Å²) in [5, 5.41) is 5.18. The number of carbonyl (C=O) groups excluding carboxylic acids is 2. The Kier molecular flexibility index (Phi) is 8.37. The molecule has 11 heteroatoms. The molecule has 4 rings (SSSR count). The number of halogens is 3. The molecule has 1 aromatic carbocycles. The molecule has 38 heavy (non-hydrogen) atoms. The van der Waals surface area contributed by atoms with Crippen molar-refractivity contribution >= 4 is 34.0 Å². The maximum atomic E-state index is 12.9. The first-order valence-corrected chi connectivity index (χ1v) is 13.1. The first-order chi connectivity index (χ1) is 18.1. The number of anilines is 2. The summed E-state index contributed by atoms with van der Waals surface area (Å²) in [6.07, 6.45) is -3.59. The first kappa shape index (κ1) is 27.6. The van der Waals surface area contributed by atoms with Crippen LogP contribution in [-0.2, 0) is 15.7 Å². The highest BCUT2D eigenvalue weighted by molar-refractivity contribution is 7.15. The normalized spacial score (nSPS) is 14.4. The van der Waals surface area contributed by atoms with Gasteiger partial charge in [0.15, 0.2) is 0 Å². The van der Waals surface area contributed by atoms with E-state index in [1.807, 2.05) is 47.2 Å². The number of nitrogens with one attached hydrogen (secondary N) is 1. The second-order valence-electron chi connectivity index (χ2n) is 9.11. The number of alkyl halides is 3. The first-order valence-electron chi connectivity index (χ1n) is 12.2. The average molecular weight is 547 g/mol. The summed E-state index contributed by atoms with van der Waals surface area (Å²) in [5.41, 5.74) is 3.32. The quantitative estimate of drug-likeness (QED) is 0.401. The number of rotatable bonds is 7. The summed E-state index contributed by atoms with van der Waals surface area (Å²) < 4.78 is 43.7. The molecule has 3 heterocycles. The number of aromatic nitrogens is 1. The Labute approximate surface area is 223 Å². The number of ether oxygens (including phenoxy) is 1. The van der Waals surface area contributed by atoms with E-state index in [0.717, 1.165) is 34.5 Å². The largest absolute Gasteiger partial charge is 0.462 e. The van der Waals surface area contributed by atoms with Crippen LogP contribution in [0.25, 0.3) is 11.1 Å². The number of thiophene rings is 1. The molecular formula is C27H29F3N4O3S. The number of piperazine rings is 1. The van der Waals surface area contributed by atoms with E-state index in [1.54, 1.807) is 6.92 Å². The van der Waals surface area contributed by atoms with Gasteiger partial charge in [-0.05, 0) is 44.0 Å².